The number of nitrogens with zero attached hydrogens (tertiary/aromatic N) is 1. The SMILES string of the molecule is Cc1cccc(C)c1NC(=O)CN1CCC(C)C1=O. The Balaban J connectivity index is 2.00. The number of hydrogen-bond donors (Lipinski definition) is 1. The van der Waals surface area contributed by atoms with Gasteiger partial charge in [0.2, 0.25) is 11.8 Å². The summed E-state index contributed by atoms with van der Waals surface area (Å²) in [5.74, 6) is 0.00417. The number of amides is 2. The van der Waals surface area contributed by atoms with Crippen LogP contribution >= 0.6 is 0 Å². The van der Waals surface area contributed by atoms with Gasteiger partial charge in [0.15, 0.2) is 0 Å². The standard InChI is InChI=1S/C15H20N2O2/c1-10-5-4-6-11(2)14(10)16-13(18)9-17-8-7-12(3)15(17)19/h4-6,12H,7-9H2,1-3H3,(H,16,18). The zero-order valence-corrected chi connectivity index (χ0v) is 11.7. The third-order valence-electron chi connectivity index (χ3n) is 3.65. The normalized spacial score (nSPS) is 18.8. The fourth-order valence-electron chi connectivity index (χ4n) is 2.42. The Morgan fingerprint density at radius 1 is 1.37 bits per heavy atom. The molecule has 1 aliphatic heterocycles. The van der Waals surface area contributed by atoms with E-state index in [-0.39, 0.29) is 24.3 Å². The Labute approximate surface area is 113 Å². The van der Waals surface area contributed by atoms with E-state index >= 15 is 0 Å². The second kappa shape index (κ2) is 5.43. The summed E-state index contributed by atoms with van der Waals surface area (Å²) in [7, 11) is 0. The van der Waals surface area contributed by atoms with Gasteiger partial charge in [-0.05, 0) is 31.4 Å². The van der Waals surface area contributed by atoms with Crippen molar-refractivity contribution in [3.63, 3.8) is 0 Å². The van der Waals surface area contributed by atoms with Gasteiger partial charge < -0.3 is 10.2 Å². The molecular weight excluding hydrogens is 240 g/mol. The van der Waals surface area contributed by atoms with Gasteiger partial charge in [-0.15, -0.1) is 0 Å². The van der Waals surface area contributed by atoms with E-state index in [1.807, 2.05) is 39.0 Å². The van der Waals surface area contributed by atoms with Crippen LogP contribution in [0.1, 0.15) is 24.5 Å². The average Bonchev–Trinajstić information content (AvgIpc) is 2.66. The third-order valence-corrected chi connectivity index (χ3v) is 3.65. The molecule has 0 radical (unpaired) electrons. The molecule has 1 fully saturated rings. The fraction of sp³-hybridized carbons (Fsp3) is 0.467. The van der Waals surface area contributed by atoms with Crippen LogP contribution in [-0.4, -0.2) is 29.8 Å². The molecule has 0 saturated carbocycles. The lowest BCUT2D eigenvalue weighted by atomic mass is 10.1. The number of hydrogen-bond acceptors (Lipinski definition) is 2. The van der Waals surface area contributed by atoms with E-state index in [2.05, 4.69) is 5.32 Å². The van der Waals surface area contributed by atoms with Crippen molar-refractivity contribution in [2.45, 2.75) is 27.2 Å². The number of likely N-dealkylation sites (tertiary alicyclic amines) is 1. The van der Waals surface area contributed by atoms with Gasteiger partial charge in [-0.1, -0.05) is 25.1 Å². The molecule has 1 atom stereocenters. The molecule has 1 aromatic rings. The Morgan fingerprint density at radius 3 is 2.53 bits per heavy atom. The van der Waals surface area contributed by atoms with Crippen molar-refractivity contribution in [3.8, 4) is 0 Å². The number of aryl methyl sites for hydroxylation is 2. The molecule has 1 unspecified atom stereocenters. The van der Waals surface area contributed by atoms with Gasteiger partial charge in [0.05, 0.1) is 6.54 Å². The van der Waals surface area contributed by atoms with Gasteiger partial charge in [-0.3, -0.25) is 9.59 Å². The fourth-order valence-corrected chi connectivity index (χ4v) is 2.42. The van der Waals surface area contributed by atoms with Gasteiger partial charge in [0, 0.05) is 18.2 Å². The smallest absolute Gasteiger partial charge is 0.244 e. The Kier molecular flexibility index (Phi) is 3.88. The lowest BCUT2D eigenvalue weighted by Gasteiger charge is -2.17. The van der Waals surface area contributed by atoms with Crippen LogP contribution in [0.5, 0.6) is 0 Å². The van der Waals surface area contributed by atoms with E-state index in [0.29, 0.717) is 6.54 Å². The highest BCUT2D eigenvalue weighted by molar-refractivity contribution is 5.96. The Bertz CT molecular complexity index is 491. The highest BCUT2D eigenvalue weighted by atomic mass is 16.2. The summed E-state index contributed by atoms with van der Waals surface area (Å²) >= 11 is 0. The lowest BCUT2D eigenvalue weighted by Crippen LogP contribution is -2.35. The molecule has 1 N–H and O–H groups in total. The number of nitrogens with one attached hydrogen (secondary N) is 1. The van der Waals surface area contributed by atoms with Crippen molar-refractivity contribution < 1.29 is 9.59 Å². The lowest BCUT2D eigenvalue weighted by molar-refractivity contribution is -0.133. The van der Waals surface area contributed by atoms with Crippen LogP contribution in [0.4, 0.5) is 5.69 Å². The van der Waals surface area contributed by atoms with E-state index in [0.717, 1.165) is 23.2 Å². The summed E-state index contributed by atoms with van der Waals surface area (Å²) in [5.41, 5.74) is 2.93. The predicted molar refractivity (Wildman–Crippen MR) is 74.9 cm³/mol. The van der Waals surface area contributed by atoms with Gasteiger partial charge in [0.25, 0.3) is 0 Å². The largest absolute Gasteiger partial charge is 0.333 e. The van der Waals surface area contributed by atoms with Crippen LogP contribution in [-0.2, 0) is 9.59 Å². The quantitative estimate of drug-likeness (QED) is 0.905. The molecule has 0 spiro atoms. The summed E-state index contributed by atoms with van der Waals surface area (Å²) in [6, 6.07) is 5.89. The molecule has 19 heavy (non-hydrogen) atoms. The minimum Gasteiger partial charge on any atom is -0.333 e. The van der Waals surface area contributed by atoms with Crippen LogP contribution in [0.25, 0.3) is 0 Å². The molecule has 1 aromatic carbocycles. The van der Waals surface area contributed by atoms with Crippen LogP contribution in [0, 0.1) is 19.8 Å². The number of anilines is 1. The van der Waals surface area contributed by atoms with E-state index < -0.39 is 0 Å². The highest BCUT2D eigenvalue weighted by Crippen LogP contribution is 2.20. The number of carbonyl (C=O) groups excluding carboxylic acids is 2. The van der Waals surface area contributed by atoms with E-state index in [1.54, 1.807) is 4.90 Å². The van der Waals surface area contributed by atoms with E-state index in [4.69, 9.17) is 0 Å². The third kappa shape index (κ3) is 2.95. The number of para-hydroxylation sites is 1. The molecule has 4 nitrogen and oxygen atoms in total. The number of rotatable bonds is 3. The topological polar surface area (TPSA) is 49.4 Å². The molecule has 1 aliphatic rings. The summed E-state index contributed by atoms with van der Waals surface area (Å²) in [5, 5.41) is 2.91. The van der Waals surface area contributed by atoms with Crippen molar-refractivity contribution in [1.82, 2.24) is 4.90 Å². The molecule has 1 heterocycles. The van der Waals surface area contributed by atoms with Crippen LogP contribution in [0.3, 0.4) is 0 Å². The van der Waals surface area contributed by atoms with Crippen molar-refractivity contribution in [3.05, 3.63) is 29.3 Å². The average molecular weight is 260 g/mol. The summed E-state index contributed by atoms with van der Waals surface area (Å²) in [6.45, 7) is 6.67. The van der Waals surface area contributed by atoms with Crippen LogP contribution < -0.4 is 5.32 Å². The van der Waals surface area contributed by atoms with E-state index in [1.165, 1.54) is 0 Å². The first-order valence-electron chi connectivity index (χ1n) is 6.64. The molecule has 0 aromatic heterocycles. The minimum absolute atomic E-state index is 0.0491. The first kappa shape index (κ1) is 13.6. The van der Waals surface area contributed by atoms with E-state index in [9.17, 15) is 9.59 Å². The molecule has 2 amide bonds. The molecule has 0 aliphatic carbocycles. The highest BCUT2D eigenvalue weighted by Gasteiger charge is 2.29. The maximum Gasteiger partial charge on any atom is 0.244 e. The van der Waals surface area contributed by atoms with Crippen LogP contribution in [0.15, 0.2) is 18.2 Å². The number of benzene rings is 1. The molecule has 0 bridgehead atoms. The molecular formula is C15H20N2O2. The van der Waals surface area contributed by atoms with Crippen molar-refractivity contribution >= 4 is 17.5 Å². The summed E-state index contributed by atoms with van der Waals surface area (Å²) < 4.78 is 0. The van der Waals surface area contributed by atoms with Crippen molar-refractivity contribution in [2.24, 2.45) is 5.92 Å². The zero-order chi connectivity index (χ0) is 14.0. The number of carbonyl (C=O) groups is 2. The molecule has 102 valence electrons. The Hall–Kier alpha value is -1.84. The molecule has 4 heteroatoms. The van der Waals surface area contributed by atoms with Gasteiger partial charge in [0.1, 0.15) is 0 Å². The summed E-state index contributed by atoms with van der Waals surface area (Å²) in [6.07, 6.45) is 0.843. The maximum atomic E-state index is 12.0. The first-order chi connectivity index (χ1) is 8.99. The summed E-state index contributed by atoms with van der Waals surface area (Å²) in [4.78, 5) is 25.4. The van der Waals surface area contributed by atoms with Crippen molar-refractivity contribution in [1.29, 1.82) is 0 Å². The van der Waals surface area contributed by atoms with Gasteiger partial charge in [-0.2, -0.15) is 0 Å². The minimum atomic E-state index is -0.125. The molecule has 2 rings (SSSR count). The second-order valence-electron chi connectivity index (χ2n) is 5.26. The first-order valence-corrected chi connectivity index (χ1v) is 6.64. The van der Waals surface area contributed by atoms with Gasteiger partial charge in [-0.25, -0.2) is 0 Å². The van der Waals surface area contributed by atoms with Crippen LogP contribution in [0.2, 0.25) is 0 Å². The van der Waals surface area contributed by atoms with Crippen molar-refractivity contribution in [2.75, 3.05) is 18.4 Å². The second-order valence-corrected chi connectivity index (χ2v) is 5.26. The Morgan fingerprint density at radius 2 is 2.00 bits per heavy atom. The zero-order valence-electron chi connectivity index (χ0n) is 11.7. The predicted octanol–water partition coefficient (Wildman–Crippen LogP) is 2.11. The maximum absolute atomic E-state index is 12.0. The van der Waals surface area contributed by atoms with Gasteiger partial charge >= 0.3 is 0 Å². The molecule has 1 saturated heterocycles. The monoisotopic (exact) mass is 260 g/mol.